The number of urea groups is 1. The van der Waals surface area contributed by atoms with Gasteiger partial charge in [0.2, 0.25) is 0 Å². The van der Waals surface area contributed by atoms with Crippen LogP contribution in [-0.4, -0.2) is 11.9 Å². The zero-order chi connectivity index (χ0) is 20.6. The molecule has 0 spiro atoms. The number of carbonyl (C=O) groups excluding carboxylic acids is 2. The fourth-order valence-electron chi connectivity index (χ4n) is 3.51. The van der Waals surface area contributed by atoms with Crippen molar-refractivity contribution in [3.63, 3.8) is 0 Å². The van der Waals surface area contributed by atoms with E-state index in [1.807, 2.05) is 0 Å². The zero-order valence-corrected chi connectivity index (χ0v) is 18.3. The molecule has 0 radical (unpaired) electrons. The van der Waals surface area contributed by atoms with Gasteiger partial charge in [-0.1, -0.05) is 44.0 Å². The normalized spacial score (nSPS) is 16.4. The third-order valence-corrected chi connectivity index (χ3v) is 7.05. The molecule has 8 heteroatoms. The zero-order valence-electron chi connectivity index (χ0n) is 16.0. The fraction of sp³-hybridized carbons (Fsp3) is 0.400. The molecule has 1 aliphatic rings. The molecule has 5 nitrogen and oxygen atoms in total. The molecule has 0 saturated heterocycles. The van der Waals surface area contributed by atoms with Crippen molar-refractivity contribution in [2.45, 2.75) is 40.0 Å². The van der Waals surface area contributed by atoms with E-state index in [4.69, 9.17) is 28.9 Å². The van der Waals surface area contributed by atoms with Gasteiger partial charge in [0.05, 0.1) is 15.6 Å². The van der Waals surface area contributed by atoms with E-state index in [0.717, 1.165) is 29.7 Å². The van der Waals surface area contributed by atoms with Gasteiger partial charge in [0, 0.05) is 10.6 Å². The highest BCUT2D eigenvalue weighted by molar-refractivity contribution is 7.17. The van der Waals surface area contributed by atoms with Gasteiger partial charge in [0.25, 0.3) is 5.91 Å². The number of primary amides is 1. The van der Waals surface area contributed by atoms with E-state index in [-0.39, 0.29) is 5.41 Å². The minimum atomic E-state index is -0.517. The second-order valence-electron chi connectivity index (χ2n) is 8.09. The third-order valence-electron chi connectivity index (χ3n) is 5.14. The maximum atomic E-state index is 12.4. The number of amides is 3. The van der Waals surface area contributed by atoms with Gasteiger partial charge >= 0.3 is 6.03 Å². The first-order valence-corrected chi connectivity index (χ1v) is 10.6. The van der Waals surface area contributed by atoms with Crippen molar-refractivity contribution in [1.29, 1.82) is 0 Å². The predicted octanol–water partition coefficient (Wildman–Crippen LogP) is 5.95. The van der Waals surface area contributed by atoms with Crippen LogP contribution in [0.5, 0.6) is 0 Å². The van der Waals surface area contributed by atoms with E-state index in [2.05, 4.69) is 31.4 Å². The number of rotatable bonds is 3. The molecule has 0 aliphatic heterocycles. The molecule has 1 aliphatic carbocycles. The summed E-state index contributed by atoms with van der Waals surface area (Å²) in [5, 5.41) is 6.72. The van der Waals surface area contributed by atoms with Gasteiger partial charge < -0.3 is 11.1 Å². The average Bonchev–Trinajstić information content (AvgIpc) is 2.94. The summed E-state index contributed by atoms with van der Waals surface area (Å²) in [6.45, 7) is 6.69. The van der Waals surface area contributed by atoms with E-state index in [0.29, 0.717) is 32.2 Å². The van der Waals surface area contributed by atoms with Gasteiger partial charge in [0.15, 0.2) is 0 Å². The first kappa shape index (κ1) is 21.0. The van der Waals surface area contributed by atoms with E-state index in [1.165, 1.54) is 11.3 Å². The van der Waals surface area contributed by atoms with Gasteiger partial charge in [-0.25, -0.2) is 4.79 Å². The Kier molecular flexibility index (Phi) is 5.94. The molecular weight excluding hydrogens is 417 g/mol. The Labute approximate surface area is 178 Å². The van der Waals surface area contributed by atoms with Crippen LogP contribution in [-0.2, 0) is 12.8 Å². The number of thiophene rings is 1. The first-order valence-electron chi connectivity index (χ1n) is 9.03. The highest BCUT2D eigenvalue weighted by Gasteiger charge is 2.33. The minimum absolute atomic E-state index is 0.188. The minimum Gasteiger partial charge on any atom is -0.365 e. The molecule has 28 heavy (non-hydrogen) atoms. The highest BCUT2D eigenvalue weighted by atomic mass is 35.5. The molecule has 0 saturated carbocycles. The number of fused-ring (bicyclic) bond motifs is 1. The van der Waals surface area contributed by atoms with Crippen molar-refractivity contribution < 1.29 is 9.59 Å². The van der Waals surface area contributed by atoms with Gasteiger partial charge in [-0.15, -0.1) is 11.3 Å². The summed E-state index contributed by atoms with van der Waals surface area (Å²) in [5.74, 6) is 0.00816. The molecule has 1 aromatic heterocycles. The Hall–Kier alpha value is -1.76. The molecule has 1 unspecified atom stereocenters. The van der Waals surface area contributed by atoms with Crippen LogP contribution in [0.3, 0.4) is 0 Å². The van der Waals surface area contributed by atoms with Crippen molar-refractivity contribution >= 4 is 57.2 Å². The Morgan fingerprint density at radius 3 is 2.50 bits per heavy atom. The number of halogens is 2. The highest BCUT2D eigenvalue weighted by Crippen LogP contribution is 2.44. The lowest BCUT2D eigenvalue weighted by molar-refractivity contribution is 0.1000. The maximum Gasteiger partial charge on any atom is 0.324 e. The Morgan fingerprint density at radius 2 is 1.89 bits per heavy atom. The molecule has 0 bridgehead atoms. The molecule has 3 rings (SSSR count). The van der Waals surface area contributed by atoms with Crippen molar-refractivity contribution in [3.05, 3.63) is 44.2 Å². The first-order chi connectivity index (χ1) is 13.1. The van der Waals surface area contributed by atoms with E-state index in [9.17, 15) is 9.59 Å². The number of nitrogens with one attached hydrogen (secondary N) is 2. The molecule has 150 valence electrons. The van der Waals surface area contributed by atoms with Gasteiger partial charge in [0.1, 0.15) is 5.00 Å². The lowest BCUT2D eigenvalue weighted by Crippen LogP contribution is -2.27. The SMILES string of the molecule is CC(C)(C)C1CCc2c(sc(NC(=O)Nc3ccc(Cl)c(Cl)c3)c2C(N)=O)C1. The van der Waals surface area contributed by atoms with Crippen molar-refractivity contribution in [2.75, 3.05) is 10.6 Å². The number of carbonyl (C=O) groups is 2. The van der Waals surface area contributed by atoms with Crippen LogP contribution in [0, 0.1) is 11.3 Å². The molecule has 4 N–H and O–H groups in total. The van der Waals surface area contributed by atoms with E-state index < -0.39 is 11.9 Å². The molecule has 1 atom stereocenters. The second-order valence-corrected chi connectivity index (χ2v) is 10.0. The molecule has 2 aromatic rings. The smallest absolute Gasteiger partial charge is 0.324 e. The summed E-state index contributed by atoms with van der Waals surface area (Å²) >= 11 is 13.3. The summed E-state index contributed by atoms with van der Waals surface area (Å²) in [6.07, 6.45) is 2.68. The van der Waals surface area contributed by atoms with Gasteiger partial charge in [-0.3, -0.25) is 10.1 Å². The van der Waals surface area contributed by atoms with E-state index >= 15 is 0 Å². The molecule has 1 heterocycles. The topological polar surface area (TPSA) is 84.2 Å². The van der Waals surface area contributed by atoms with Crippen LogP contribution in [0.1, 0.15) is 48.0 Å². The van der Waals surface area contributed by atoms with Crippen LogP contribution >= 0.6 is 34.5 Å². The number of nitrogens with two attached hydrogens (primary N) is 1. The summed E-state index contributed by atoms with van der Waals surface area (Å²) in [7, 11) is 0. The number of hydrogen-bond acceptors (Lipinski definition) is 3. The van der Waals surface area contributed by atoms with Crippen LogP contribution in [0.25, 0.3) is 0 Å². The molecule has 3 amide bonds. The number of benzene rings is 1. The summed E-state index contributed by atoms with van der Waals surface area (Å²) < 4.78 is 0. The molecule has 1 aromatic carbocycles. The van der Waals surface area contributed by atoms with Crippen LogP contribution in [0.4, 0.5) is 15.5 Å². The largest absolute Gasteiger partial charge is 0.365 e. The van der Waals surface area contributed by atoms with E-state index in [1.54, 1.807) is 18.2 Å². The van der Waals surface area contributed by atoms with Crippen LogP contribution < -0.4 is 16.4 Å². The Balaban J connectivity index is 1.82. The standard InChI is InChI=1S/C20H23Cl2N3O2S/c1-20(2,3)10-4-6-12-15(8-10)28-18(16(12)17(23)26)25-19(27)24-11-5-7-13(21)14(22)9-11/h5,7,9-10H,4,6,8H2,1-3H3,(H2,23,26)(H2,24,25,27). The molecule has 0 fully saturated rings. The van der Waals surface area contributed by atoms with Gasteiger partial charge in [-0.2, -0.15) is 0 Å². The van der Waals surface area contributed by atoms with Crippen molar-refractivity contribution in [2.24, 2.45) is 17.1 Å². The lowest BCUT2D eigenvalue weighted by Gasteiger charge is -2.33. The maximum absolute atomic E-state index is 12.4. The lowest BCUT2D eigenvalue weighted by atomic mass is 9.72. The van der Waals surface area contributed by atoms with Gasteiger partial charge in [-0.05, 0) is 54.4 Å². The molecular formula is C20H23Cl2N3O2S. The van der Waals surface area contributed by atoms with Crippen molar-refractivity contribution in [1.82, 2.24) is 0 Å². The van der Waals surface area contributed by atoms with Crippen molar-refractivity contribution in [3.8, 4) is 0 Å². The Morgan fingerprint density at radius 1 is 1.18 bits per heavy atom. The quantitative estimate of drug-likeness (QED) is 0.551. The Bertz CT molecular complexity index is 934. The monoisotopic (exact) mass is 439 g/mol. The van der Waals surface area contributed by atoms with Crippen LogP contribution in [0.15, 0.2) is 18.2 Å². The third kappa shape index (κ3) is 4.45. The summed E-state index contributed by atoms with van der Waals surface area (Å²) in [4.78, 5) is 25.7. The summed E-state index contributed by atoms with van der Waals surface area (Å²) in [6, 6.07) is 4.35. The predicted molar refractivity (Wildman–Crippen MR) is 117 cm³/mol. The fourth-order valence-corrected chi connectivity index (χ4v) is 5.14. The summed E-state index contributed by atoms with van der Waals surface area (Å²) in [5.41, 5.74) is 7.72. The van der Waals surface area contributed by atoms with Crippen LogP contribution in [0.2, 0.25) is 10.0 Å². The number of anilines is 2. The average molecular weight is 440 g/mol. The second kappa shape index (κ2) is 7.93. The number of hydrogen-bond donors (Lipinski definition) is 3.